The maximum Gasteiger partial charge on any atom is 0.0679 e. The first-order valence-electron chi connectivity index (χ1n) is 6.29. The number of likely N-dealkylation sites (tertiary alicyclic amines) is 1. The molecule has 4 atom stereocenters. The zero-order valence-corrected chi connectivity index (χ0v) is 10.6. The Morgan fingerprint density at radius 2 is 2.07 bits per heavy atom. The molecule has 0 aromatic carbocycles. The van der Waals surface area contributed by atoms with Crippen molar-refractivity contribution < 1.29 is 4.74 Å². The Kier molecular flexibility index (Phi) is 3.09. The van der Waals surface area contributed by atoms with Gasteiger partial charge in [0.25, 0.3) is 0 Å². The van der Waals surface area contributed by atoms with Crippen LogP contribution in [0.3, 0.4) is 0 Å². The van der Waals surface area contributed by atoms with Crippen molar-refractivity contribution in [3.05, 3.63) is 0 Å². The molecule has 2 nitrogen and oxygen atoms in total. The van der Waals surface area contributed by atoms with Crippen LogP contribution in [0, 0.1) is 17.8 Å². The normalized spacial score (nSPS) is 47.6. The van der Waals surface area contributed by atoms with Gasteiger partial charge >= 0.3 is 0 Å². The van der Waals surface area contributed by atoms with Gasteiger partial charge in [-0.15, -0.1) is 0 Å². The molecule has 0 aromatic heterocycles. The number of rotatable bonds is 1. The van der Waals surface area contributed by atoms with Crippen LogP contribution in [-0.2, 0) is 4.74 Å². The predicted molar refractivity (Wildman–Crippen MR) is 62.9 cm³/mol. The molecule has 1 saturated heterocycles. The number of ether oxygens (including phenoxy) is 1. The van der Waals surface area contributed by atoms with Crippen molar-refractivity contribution in [3.8, 4) is 0 Å². The zero-order chi connectivity index (χ0) is 11.1. The van der Waals surface area contributed by atoms with Gasteiger partial charge in [-0.25, -0.2) is 0 Å². The van der Waals surface area contributed by atoms with Gasteiger partial charge in [-0.1, -0.05) is 6.92 Å². The fraction of sp³-hybridized carbons (Fsp3) is 1.00. The van der Waals surface area contributed by atoms with E-state index in [1.165, 1.54) is 32.4 Å². The predicted octanol–water partition coefficient (Wildman–Crippen LogP) is 2.39. The van der Waals surface area contributed by atoms with E-state index in [4.69, 9.17) is 4.74 Å². The highest BCUT2D eigenvalue weighted by Gasteiger charge is 2.44. The van der Waals surface area contributed by atoms with E-state index in [9.17, 15) is 0 Å². The van der Waals surface area contributed by atoms with Crippen LogP contribution < -0.4 is 0 Å². The molecule has 1 aliphatic carbocycles. The van der Waals surface area contributed by atoms with E-state index in [0.29, 0.717) is 5.92 Å². The quantitative estimate of drug-likeness (QED) is 0.660. The number of fused-ring (bicyclic) bond motifs is 1. The largest absolute Gasteiger partial charge is 0.378 e. The molecule has 2 aliphatic rings. The highest BCUT2D eigenvalue weighted by atomic mass is 16.5. The smallest absolute Gasteiger partial charge is 0.0679 e. The second-order valence-corrected chi connectivity index (χ2v) is 5.93. The van der Waals surface area contributed by atoms with Crippen LogP contribution in [0.4, 0.5) is 0 Å². The molecule has 0 bridgehead atoms. The van der Waals surface area contributed by atoms with Gasteiger partial charge in [0.2, 0.25) is 0 Å². The molecular weight excluding hydrogens is 186 g/mol. The topological polar surface area (TPSA) is 12.5 Å². The minimum atomic E-state index is 0.136. The number of nitrogens with zero attached hydrogens (tertiary/aromatic N) is 1. The molecule has 2 fully saturated rings. The van der Waals surface area contributed by atoms with E-state index in [1.807, 2.05) is 7.11 Å². The molecule has 1 aliphatic heterocycles. The molecule has 88 valence electrons. The van der Waals surface area contributed by atoms with Gasteiger partial charge in [-0.3, -0.25) is 0 Å². The van der Waals surface area contributed by atoms with Crippen molar-refractivity contribution in [3.63, 3.8) is 0 Å². The molecule has 2 heteroatoms. The van der Waals surface area contributed by atoms with Crippen molar-refractivity contribution in [1.29, 1.82) is 0 Å². The summed E-state index contributed by atoms with van der Waals surface area (Å²) < 4.78 is 5.75. The van der Waals surface area contributed by atoms with Crippen LogP contribution >= 0.6 is 0 Å². The molecular formula is C13H25NO. The van der Waals surface area contributed by atoms with Crippen LogP contribution in [0.2, 0.25) is 0 Å². The second-order valence-electron chi connectivity index (χ2n) is 5.93. The summed E-state index contributed by atoms with van der Waals surface area (Å²) in [5, 5.41) is 0. The Morgan fingerprint density at radius 1 is 1.33 bits per heavy atom. The molecule has 2 unspecified atom stereocenters. The molecule has 0 radical (unpaired) electrons. The summed E-state index contributed by atoms with van der Waals surface area (Å²) in [6.45, 7) is 7.23. The number of hydrogen-bond acceptors (Lipinski definition) is 2. The third-order valence-corrected chi connectivity index (χ3v) is 4.93. The van der Waals surface area contributed by atoms with Gasteiger partial charge in [0.15, 0.2) is 0 Å². The van der Waals surface area contributed by atoms with E-state index < -0.39 is 0 Å². The Bertz CT molecular complexity index is 231. The van der Waals surface area contributed by atoms with Gasteiger partial charge in [0.1, 0.15) is 0 Å². The van der Waals surface area contributed by atoms with Gasteiger partial charge in [0, 0.05) is 13.7 Å². The van der Waals surface area contributed by atoms with Crippen molar-refractivity contribution in [1.82, 2.24) is 4.90 Å². The zero-order valence-electron chi connectivity index (χ0n) is 10.6. The monoisotopic (exact) mass is 211 g/mol. The van der Waals surface area contributed by atoms with Crippen LogP contribution in [-0.4, -0.2) is 37.7 Å². The first-order chi connectivity index (χ1) is 7.05. The minimum absolute atomic E-state index is 0.136. The van der Waals surface area contributed by atoms with Crippen molar-refractivity contribution in [2.24, 2.45) is 17.8 Å². The summed E-state index contributed by atoms with van der Waals surface area (Å²) in [6.07, 6.45) is 3.98. The molecule has 0 N–H and O–H groups in total. The maximum atomic E-state index is 5.75. The standard InChI is InChI=1S/C13H25NO/c1-10-7-12-9-14(3)6-5-11(12)8-13(10,2)15-4/h10-12H,5-9H2,1-4H3/t10-,11-,12?,13?/m0/s1. The summed E-state index contributed by atoms with van der Waals surface area (Å²) >= 11 is 0. The van der Waals surface area contributed by atoms with Gasteiger partial charge in [-0.2, -0.15) is 0 Å². The number of hydrogen-bond donors (Lipinski definition) is 0. The van der Waals surface area contributed by atoms with Gasteiger partial charge in [0.05, 0.1) is 5.60 Å². The van der Waals surface area contributed by atoms with E-state index in [1.54, 1.807) is 0 Å². The van der Waals surface area contributed by atoms with E-state index >= 15 is 0 Å². The first-order valence-corrected chi connectivity index (χ1v) is 6.29. The Balaban J connectivity index is 2.06. The third kappa shape index (κ3) is 2.07. The SMILES string of the molecule is COC1(C)C[C@@H]2CCN(C)CC2C[C@@H]1C. The lowest BCUT2D eigenvalue weighted by Crippen LogP contribution is -2.50. The van der Waals surface area contributed by atoms with E-state index in [-0.39, 0.29) is 5.60 Å². The van der Waals surface area contributed by atoms with E-state index in [0.717, 1.165) is 11.8 Å². The fourth-order valence-electron chi connectivity index (χ4n) is 3.51. The molecule has 0 aromatic rings. The van der Waals surface area contributed by atoms with Crippen molar-refractivity contribution >= 4 is 0 Å². The van der Waals surface area contributed by atoms with Crippen molar-refractivity contribution in [2.75, 3.05) is 27.2 Å². The Labute approximate surface area is 94.0 Å². The summed E-state index contributed by atoms with van der Waals surface area (Å²) in [5.74, 6) is 2.53. The maximum absolute atomic E-state index is 5.75. The molecule has 1 saturated carbocycles. The summed E-state index contributed by atoms with van der Waals surface area (Å²) in [5.41, 5.74) is 0.136. The number of piperidine rings is 1. The van der Waals surface area contributed by atoms with Gasteiger partial charge < -0.3 is 9.64 Å². The second kappa shape index (κ2) is 4.06. The molecule has 1 heterocycles. The average Bonchev–Trinajstić information content (AvgIpc) is 2.20. The lowest BCUT2D eigenvalue weighted by atomic mass is 9.64. The number of methoxy groups -OCH3 is 1. The summed E-state index contributed by atoms with van der Waals surface area (Å²) in [7, 11) is 4.14. The fourth-order valence-corrected chi connectivity index (χ4v) is 3.51. The molecule has 0 spiro atoms. The highest BCUT2D eigenvalue weighted by molar-refractivity contribution is 4.95. The Morgan fingerprint density at radius 3 is 2.73 bits per heavy atom. The third-order valence-electron chi connectivity index (χ3n) is 4.93. The van der Waals surface area contributed by atoms with E-state index in [2.05, 4.69) is 25.8 Å². The minimum Gasteiger partial charge on any atom is -0.378 e. The average molecular weight is 211 g/mol. The van der Waals surface area contributed by atoms with Crippen molar-refractivity contribution in [2.45, 2.75) is 38.7 Å². The van der Waals surface area contributed by atoms with Crippen LogP contribution in [0.15, 0.2) is 0 Å². The highest BCUT2D eigenvalue weighted by Crippen LogP contribution is 2.45. The first kappa shape index (κ1) is 11.4. The summed E-state index contributed by atoms with van der Waals surface area (Å²) in [4.78, 5) is 2.49. The lowest BCUT2D eigenvalue weighted by molar-refractivity contribution is -0.105. The van der Waals surface area contributed by atoms with Crippen LogP contribution in [0.5, 0.6) is 0 Å². The summed E-state index contributed by atoms with van der Waals surface area (Å²) in [6, 6.07) is 0. The lowest BCUT2D eigenvalue weighted by Gasteiger charge is -2.49. The molecule has 2 rings (SSSR count). The van der Waals surface area contributed by atoms with Gasteiger partial charge in [-0.05, 0) is 57.5 Å². The Hall–Kier alpha value is -0.0800. The molecule has 15 heavy (non-hydrogen) atoms. The molecule has 0 amide bonds. The van der Waals surface area contributed by atoms with Crippen LogP contribution in [0.1, 0.15) is 33.1 Å². The van der Waals surface area contributed by atoms with Crippen LogP contribution in [0.25, 0.3) is 0 Å².